The van der Waals surface area contributed by atoms with Crippen molar-refractivity contribution in [3.8, 4) is 5.75 Å². The third kappa shape index (κ3) is 4.18. The van der Waals surface area contributed by atoms with Gasteiger partial charge in [-0.05, 0) is 43.3 Å². The molecular formula is C22H26N4O3. The Kier molecular flexibility index (Phi) is 5.64. The summed E-state index contributed by atoms with van der Waals surface area (Å²) in [5.41, 5.74) is 0.814. The summed E-state index contributed by atoms with van der Waals surface area (Å²) in [6.07, 6.45) is 2.05. The maximum Gasteiger partial charge on any atom is 0.228 e. The molecule has 0 spiro atoms. The average molecular weight is 394 g/mol. The van der Waals surface area contributed by atoms with Gasteiger partial charge in [0.2, 0.25) is 11.8 Å². The van der Waals surface area contributed by atoms with Crippen molar-refractivity contribution in [2.45, 2.75) is 13.3 Å². The molecule has 2 aliphatic heterocycles. The Morgan fingerprint density at radius 2 is 1.86 bits per heavy atom. The lowest BCUT2D eigenvalue weighted by atomic mass is 10.1. The molecular weight excluding hydrogens is 368 g/mol. The van der Waals surface area contributed by atoms with Crippen LogP contribution in [0.5, 0.6) is 5.75 Å². The van der Waals surface area contributed by atoms with Crippen molar-refractivity contribution in [2.75, 3.05) is 49.1 Å². The van der Waals surface area contributed by atoms with E-state index in [9.17, 15) is 9.59 Å². The number of aromatic nitrogens is 1. The second kappa shape index (κ2) is 8.51. The molecule has 1 aromatic heterocycles. The lowest BCUT2D eigenvalue weighted by molar-refractivity contribution is -0.136. The number of nitrogens with zero attached hydrogens (tertiary/aromatic N) is 4. The molecule has 29 heavy (non-hydrogen) atoms. The quantitative estimate of drug-likeness (QED) is 0.778. The van der Waals surface area contributed by atoms with Crippen LogP contribution in [0.4, 0.5) is 11.5 Å². The number of carbonyl (C=O) groups is 2. The molecule has 7 heteroatoms. The van der Waals surface area contributed by atoms with Crippen LogP contribution in [-0.4, -0.2) is 61.0 Å². The lowest BCUT2D eigenvalue weighted by Crippen LogP contribution is -2.51. The van der Waals surface area contributed by atoms with Gasteiger partial charge in [-0.1, -0.05) is 6.07 Å². The summed E-state index contributed by atoms with van der Waals surface area (Å²) in [7, 11) is 0. The Morgan fingerprint density at radius 1 is 1.10 bits per heavy atom. The minimum Gasteiger partial charge on any atom is -0.494 e. The molecule has 0 bridgehead atoms. The maximum absolute atomic E-state index is 13.0. The number of pyridine rings is 1. The van der Waals surface area contributed by atoms with Crippen LogP contribution in [0.2, 0.25) is 0 Å². The van der Waals surface area contributed by atoms with Gasteiger partial charge in [-0.3, -0.25) is 9.59 Å². The molecule has 2 saturated heterocycles. The molecule has 2 amide bonds. The highest BCUT2D eigenvalue weighted by atomic mass is 16.5. The molecule has 7 nitrogen and oxygen atoms in total. The zero-order valence-electron chi connectivity index (χ0n) is 16.7. The molecule has 0 saturated carbocycles. The number of piperazine rings is 1. The molecule has 2 aliphatic rings. The Balaban J connectivity index is 1.35. The Labute approximate surface area is 170 Å². The zero-order chi connectivity index (χ0) is 20.2. The first-order valence-corrected chi connectivity index (χ1v) is 10.1. The van der Waals surface area contributed by atoms with E-state index in [-0.39, 0.29) is 24.2 Å². The van der Waals surface area contributed by atoms with Crippen LogP contribution in [0.3, 0.4) is 0 Å². The van der Waals surface area contributed by atoms with E-state index in [1.807, 2.05) is 54.3 Å². The van der Waals surface area contributed by atoms with Gasteiger partial charge in [-0.2, -0.15) is 0 Å². The van der Waals surface area contributed by atoms with Crippen LogP contribution in [0.25, 0.3) is 0 Å². The van der Waals surface area contributed by atoms with Crippen LogP contribution in [0, 0.1) is 5.92 Å². The van der Waals surface area contributed by atoms with Crippen LogP contribution in [-0.2, 0) is 9.59 Å². The second-order valence-electron chi connectivity index (χ2n) is 7.33. The summed E-state index contributed by atoms with van der Waals surface area (Å²) >= 11 is 0. The van der Waals surface area contributed by atoms with E-state index in [4.69, 9.17) is 4.74 Å². The van der Waals surface area contributed by atoms with Crippen molar-refractivity contribution in [1.29, 1.82) is 0 Å². The van der Waals surface area contributed by atoms with E-state index in [0.717, 1.165) is 30.3 Å². The summed E-state index contributed by atoms with van der Waals surface area (Å²) in [5.74, 6) is 1.51. The summed E-state index contributed by atoms with van der Waals surface area (Å²) < 4.78 is 5.46. The second-order valence-corrected chi connectivity index (χ2v) is 7.33. The van der Waals surface area contributed by atoms with Crippen molar-refractivity contribution in [2.24, 2.45) is 5.92 Å². The van der Waals surface area contributed by atoms with E-state index in [0.29, 0.717) is 26.2 Å². The standard InChI is InChI=1S/C22H26N4O3/c1-2-29-19-8-6-18(7-9-19)26-16-17(15-21(26)27)22(28)25-13-11-24(12-14-25)20-5-3-4-10-23-20/h3-10,17H,2,11-16H2,1H3/t17-/m1/s1. The van der Waals surface area contributed by atoms with Crippen LogP contribution < -0.4 is 14.5 Å². The van der Waals surface area contributed by atoms with Crippen LogP contribution in [0.15, 0.2) is 48.7 Å². The highest BCUT2D eigenvalue weighted by molar-refractivity contribution is 6.00. The van der Waals surface area contributed by atoms with Gasteiger partial charge in [0, 0.05) is 51.0 Å². The highest BCUT2D eigenvalue weighted by Crippen LogP contribution is 2.28. The van der Waals surface area contributed by atoms with Crippen molar-refractivity contribution in [3.05, 3.63) is 48.7 Å². The van der Waals surface area contributed by atoms with E-state index < -0.39 is 0 Å². The molecule has 4 rings (SSSR count). The van der Waals surface area contributed by atoms with Gasteiger partial charge in [0.1, 0.15) is 11.6 Å². The van der Waals surface area contributed by atoms with Crippen molar-refractivity contribution in [3.63, 3.8) is 0 Å². The Bertz CT molecular complexity index is 848. The number of hydrogen-bond acceptors (Lipinski definition) is 5. The topological polar surface area (TPSA) is 66.0 Å². The molecule has 1 aromatic carbocycles. The number of amides is 2. The minimum absolute atomic E-state index is 0.000341. The van der Waals surface area contributed by atoms with Crippen molar-refractivity contribution >= 4 is 23.3 Å². The summed E-state index contributed by atoms with van der Waals surface area (Å²) in [6, 6.07) is 13.3. The number of hydrogen-bond donors (Lipinski definition) is 0. The molecule has 0 radical (unpaired) electrons. The molecule has 2 fully saturated rings. The SMILES string of the molecule is CCOc1ccc(N2C[C@H](C(=O)N3CCN(c4ccccn4)CC3)CC2=O)cc1. The van der Waals surface area contributed by atoms with Gasteiger partial charge >= 0.3 is 0 Å². The smallest absolute Gasteiger partial charge is 0.228 e. The van der Waals surface area contributed by atoms with E-state index >= 15 is 0 Å². The van der Waals surface area contributed by atoms with Gasteiger partial charge < -0.3 is 19.4 Å². The molecule has 0 N–H and O–H groups in total. The maximum atomic E-state index is 13.0. The summed E-state index contributed by atoms with van der Waals surface area (Å²) in [5, 5.41) is 0. The molecule has 0 aliphatic carbocycles. The largest absolute Gasteiger partial charge is 0.494 e. The fourth-order valence-electron chi connectivity index (χ4n) is 3.97. The average Bonchev–Trinajstić information content (AvgIpc) is 3.16. The summed E-state index contributed by atoms with van der Waals surface area (Å²) in [6.45, 7) is 5.80. The number of benzene rings is 1. The van der Waals surface area contributed by atoms with Gasteiger partial charge in [0.25, 0.3) is 0 Å². The first-order valence-electron chi connectivity index (χ1n) is 10.1. The first-order chi connectivity index (χ1) is 14.2. The highest BCUT2D eigenvalue weighted by Gasteiger charge is 2.38. The van der Waals surface area contributed by atoms with Gasteiger partial charge in [-0.15, -0.1) is 0 Å². The molecule has 3 heterocycles. The summed E-state index contributed by atoms with van der Waals surface area (Å²) in [4.78, 5) is 35.7. The fraction of sp³-hybridized carbons (Fsp3) is 0.409. The molecule has 2 aromatic rings. The van der Waals surface area contributed by atoms with Crippen LogP contribution >= 0.6 is 0 Å². The van der Waals surface area contributed by atoms with E-state index in [1.54, 1.807) is 11.1 Å². The predicted octanol–water partition coefficient (Wildman–Crippen LogP) is 2.18. The number of anilines is 2. The molecule has 152 valence electrons. The van der Waals surface area contributed by atoms with Gasteiger partial charge in [0.05, 0.1) is 12.5 Å². The van der Waals surface area contributed by atoms with Gasteiger partial charge in [-0.25, -0.2) is 4.98 Å². The number of carbonyl (C=O) groups excluding carboxylic acids is 2. The monoisotopic (exact) mass is 394 g/mol. The Morgan fingerprint density at radius 3 is 2.52 bits per heavy atom. The van der Waals surface area contributed by atoms with Crippen molar-refractivity contribution in [1.82, 2.24) is 9.88 Å². The number of rotatable bonds is 5. The van der Waals surface area contributed by atoms with Gasteiger partial charge in [0.15, 0.2) is 0 Å². The lowest BCUT2D eigenvalue weighted by Gasteiger charge is -2.36. The first kappa shape index (κ1) is 19.2. The zero-order valence-corrected chi connectivity index (χ0v) is 16.7. The molecule has 1 atom stereocenters. The third-order valence-corrected chi connectivity index (χ3v) is 5.50. The van der Waals surface area contributed by atoms with Crippen molar-refractivity contribution < 1.29 is 14.3 Å². The fourth-order valence-corrected chi connectivity index (χ4v) is 3.97. The van der Waals surface area contributed by atoms with E-state index in [1.165, 1.54) is 0 Å². The molecule has 0 unspecified atom stereocenters. The van der Waals surface area contributed by atoms with Crippen LogP contribution in [0.1, 0.15) is 13.3 Å². The van der Waals surface area contributed by atoms with E-state index in [2.05, 4.69) is 9.88 Å². The minimum atomic E-state index is -0.282. The number of ether oxygens (including phenoxy) is 1. The normalized spacial score (nSPS) is 19.6. The predicted molar refractivity (Wildman–Crippen MR) is 111 cm³/mol. The Hall–Kier alpha value is -3.09. The third-order valence-electron chi connectivity index (χ3n) is 5.50.